The molecule has 0 bridgehead atoms. The number of hydrogen-bond acceptors (Lipinski definition) is 8. The second kappa shape index (κ2) is 9.70. The Kier molecular flexibility index (Phi) is 8.98. The van der Waals surface area contributed by atoms with Gasteiger partial charge in [-0.1, -0.05) is 18.7 Å². The monoisotopic (exact) mass is 390 g/mol. The Hall–Kier alpha value is -1.91. The summed E-state index contributed by atoms with van der Waals surface area (Å²) in [6.45, 7) is 15.3. The molecule has 0 radical (unpaired) electrons. The Morgan fingerprint density at radius 3 is 1.69 bits per heavy atom. The first kappa shape index (κ1) is 24.1. The quantitative estimate of drug-likeness (QED) is 0.354. The number of azo groups is 2. The van der Waals surface area contributed by atoms with Crippen LogP contribution in [0.25, 0.3) is 0 Å². The normalized spacial score (nSPS) is 14.6. The van der Waals surface area contributed by atoms with Crippen LogP contribution >= 0.6 is 11.8 Å². The second-order valence-corrected chi connectivity index (χ2v) is 8.89. The molecule has 10 nitrogen and oxygen atoms in total. The van der Waals surface area contributed by atoms with Gasteiger partial charge in [-0.2, -0.15) is 0 Å². The first-order valence-corrected chi connectivity index (χ1v) is 9.27. The van der Waals surface area contributed by atoms with Gasteiger partial charge in [-0.15, -0.1) is 0 Å². The summed E-state index contributed by atoms with van der Waals surface area (Å²) in [5.74, 6) is -0.0280. The van der Waals surface area contributed by atoms with E-state index in [4.69, 9.17) is 4.84 Å². The van der Waals surface area contributed by atoms with E-state index in [2.05, 4.69) is 15.3 Å². The van der Waals surface area contributed by atoms with Gasteiger partial charge in [0.1, 0.15) is 11.1 Å². The highest BCUT2D eigenvalue weighted by Gasteiger charge is 2.35. The summed E-state index contributed by atoms with van der Waals surface area (Å²) in [7, 11) is 0. The largest absolute Gasteiger partial charge is 0.590 e. The van der Waals surface area contributed by atoms with Gasteiger partial charge in [0.2, 0.25) is 0 Å². The lowest BCUT2D eigenvalue weighted by Crippen LogP contribution is -2.23. The minimum Gasteiger partial charge on any atom is -0.590 e. The zero-order valence-corrected chi connectivity index (χ0v) is 17.8. The van der Waals surface area contributed by atoms with Crippen molar-refractivity contribution in [3.8, 4) is 0 Å². The highest BCUT2D eigenvalue weighted by Crippen LogP contribution is 2.25. The van der Waals surface area contributed by atoms with Crippen molar-refractivity contribution in [1.29, 1.82) is 0 Å². The van der Waals surface area contributed by atoms with E-state index < -0.39 is 23.0 Å². The van der Waals surface area contributed by atoms with Crippen LogP contribution < -0.4 is 0 Å². The fraction of sp³-hybridized carbons (Fsp3) is 0.867. The summed E-state index contributed by atoms with van der Waals surface area (Å²) in [4.78, 5) is 5.22. The second-order valence-electron chi connectivity index (χ2n) is 7.64. The Balaban J connectivity index is 6.56. The maximum Gasteiger partial charge on any atom is 0.556 e. The number of hydrogen-bond donors (Lipinski definition) is 0. The van der Waals surface area contributed by atoms with Crippen LogP contribution in [-0.2, 0) is 4.84 Å². The number of rotatable bonds is 7. The van der Waals surface area contributed by atoms with Gasteiger partial charge in [0.05, 0.1) is 11.2 Å². The summed E-state index contributed by atoms with van der Waals surface area (Å²) in [5.41, 5.74) is -1.49. The molecular formula is C15H30N6O4S. The molecule has 0 saturated heterocycles. The Labute approximate surface area is 159 Å². The van der Waals surface area contributed by atoms with Crippen LogP contribution in [0, 0.1) is 15.6 Å². The molecule has 0 aromatic heterocycles. The molecule has 26 heavy (non-hydrogen) atoms. The van der Waals surface area contributed by atoms with Crippen LogP contribution in [0.3, 0.4) is 0 Å². The highest BCUT2D eigenvalue weighted by atomic mass is 32.2. The highest BCUT2D eigenvalue weighted by molar-refractivity contribution is 8.03. The van der Waals surface area contributed by atoms with Crippen LogP contribution in [0.15, 0.2) is 26.2 Å². The molecular weight excluding hydrogens is 360 g/mol. The molecule has 0 rings (SSSR count). The van der Waals surface area contributed by atoms with Crippen molar-refractivity contribution in [2.24, 2.45) is 15.3 Å². The summed E-state index contributed by atoms with van der Waals surface area (Å²) in [5, 5.41) is 48.3. The summed E-state index contributed by atoms with van der Waals surface area (Å²) < 4.78 is 0. The molecule has 0 atom stereocenters. The van der Waals surface area contributed by atoms with E-state index in [1.54, 1.807) is 62.3 Å². The molecule has 0 aromatic carbocycles. The van der Waals surface area contributed by atoms with Gasteiger partial charge in [-0.25, -0.2) is 5.21 Å². The van der Waals surface area contributed by atoms with Crippen LogP contribution in [0.4, 0.5) is 0 Å². The van der Waals surface area contributed by atoms with E-state index in [0.29, 0.717) is 5.75 Å². The molecule has 0 unspecified atom stereocenters. The average molecular weight is 391 g/mol. The molecule has 0 fully saturated rings. The molecule has 150 valence electrons. The van der Waals surface area contributed by atoms with E-state index in [1.165, 1.54) is 0 Å². The van der Waals surface area contributed by atoms with Gasteiger partial charge in [0.25, 0.3) is 0 Å². The minimum atomic E-state index is -0.747. The number of nitrogens with zero attached hydrogens (tertiary/aromatic N) is 6. The van der Waals surface area contributed by atoms with E-state index in [0.717, 1.165) is 11.8 Å². The summed E-state index contributed by atoms with van der Waals surface area (Å²) >= 11 is 1.04. The maximum atomic E-state index is 12.6. The van der Waals surface area contributed by atoms with Crippen molar-refractivity contribution in [1.82, 2.24) is 0 Å². The third kappa shape index (κ3) is 10.2. The third-order valence-corrected chi connectivity index (χ3v) is 2.92. The van der Waals surface area contributed by atoms with E-state index in [-0.39, 0.29) is 19.8 Å². The van der Waals surface area contributed by atoms with Gasteiger partial charge < -0.3 is 15.3 Å². The molecule has 0 spiro atoms. The molecule has 0 heterocycles. The molecule has 0 saturated carbocycles. The molecule has 0 amide bonds. The molecule has 0 aliphatic carbocycles. The van der Waals surface area contributed by atoms with Crippen molar-refractivity contribution in [3.63, 3.8) is 0 Å². The fourth-order valence-electron chi connectivity index (χ4n) is 1.43. The standard InChI is InChI=1S/C15H30N6O4S/c1-10-26-12(16-21(24)25-11(2)3)13(19(22)17-14(4,5)6)20(23)18-15(7,8)9/h11H,10H2,1-9H3. The Morgan fingerprint density at radius 2 is 1.38 bits per heavy atom. The molecule has 0 N–H and O–H groups in total. The average Bonchev–Trinajstić information content (AvgIpc) is 2.32. The number of thioether (sulfide) groups is 1. The zero-order valence-electron chi connectivity index (χ0n) is 17.0. The van der Waals surface area contributed by atoms with Crippen molar-refractivity contribution >= 4 is 11.8 Å². The molecule has 0 aromatic rings. The van der Waals surface area contributed by atoms with Crippen molar-refractivity contribution in [2.75, 3.05) is 5.75 Å². The van der Waals surface area contributed by atoms with Crippen molar-refractivity contribution < 1.29 is 19.6 Å². The van der Waals surface area contributed by atoms with Crippen LogP contribution in [0.5, 0.6) is 0 Å². The topological polar surface area (TPSA) is 125 Å². The first-order valence-electron chi connectivity index (χ1n) is 8.29. The van der Waals surface area contributed by atoms with Crippen LogP contribution in [0.1, 0.15) is 62.3 Å². The lowest BCUT2D eigenvalue weighted by molar-refractivity contribution is -0.797. The first-order chi connectivity index (χ1) is 11.7. The van der Waals surface area contributed by atoms with Crippen molar-refractivity contribution in [3.05, 3.63) is 26.5 Å². The molecule has 11 heteroatoms. The lowest BCUT2D eigenvalue weighted by atomic mass is 10.1. The van der Waals surface area contributed by atoms with E-state index in [1.807, 2.05) is 0 Å². The Morgan fingerprint density at radius 1 is 0.962 bits per heavy atom. The summed E-state index contributed by atoms with van der Waals surface area (Å²) in [6, 6.07) is 0. The fourth-order valence-corrected chi connectivity index (χ4v) is 2.11. The smallest absolute Gasteiger partial charge is 0.556 e. The van der Waals surface area contributed by atoms with Gasteiger partial charge in [-0.3, -0.25) is 0 Å². The number of hydroxylamine groups is 2. The van der Waals surface area contributed by atoms with Crippen molar-refractivity contribution in [2.45, 2.75) is 79.5 Å². The molecule has 0 aliphatic rings. The van der Waals surface area contributed by atoms with Gasteiger partial charge >= 0.3 is 10.9 Å². The predicted molar refractivity (Wildman–Crippen MR) is 99.1 cm³/mol. The zero-order chi connectivity index (χ0) is 20.7. The van der Waals surface area contributed by atoms with Gasteiger partial charge in [-0.05, 0) is 71.4 Å². The SMILES string of the molecule is CCSC(N=[N+]([O-])OC(C)C)=C([N+]([O-])=NC(C)(C)C)[N+]([O-])=NC(C)(C)C. The van der Waals surface area contributed by atoms with Crippen LogP contribution in [0.2, 0.25) is 0 Å². The third-order valence-electron chi connectivity index (χ3n) is 2.09. The van der Waals surface area contributed by atoms with E-state index >= 15 is 0 Å². The predicted octanol–water partition coefficient (Wildman–Crippen LogP) is 4.69. The van der Waals surface area contributed by atoms with Gasteiger partial charge in [0.15, 0.2) is 5.02 Å². The maximum absolute atomic E-state index is 12.6. The lowest BCUT2D eigenvalue weighted by Gasteiger charge is -2.12. The Bertz CT molecular complexity index is 568. The van der Waals surface area contributed by atoms with E-state index in [9.17, 15) is 15.6 Å². The van der Waals surface area contributed by atoms with Gasteiger partial charge in [0, 0.05) is 9.72 Å². The molecule has 0 aliphatic heterocycles. The van der Waals surface area contributed by atoms with Crippen LogP contribution in [-0.4, -0.2) is 37.7 Å². The summed E-state index contributed by atoms with van der Waals surface area (Å²) in [6.07, 6.45) is -0.419. The minimum absolute atomic E-state index is 0.0154.